The molecule has 0 amide bonds. The van der Waals surface area contributed by atoms with Crippen molar-refractivity contribution < 1.29 is 4.92 Å². The van der Waals surface area contributed by atoms with E-state index in [-0.39, 0.29) is 5.69 Å². The molecule has 2 heterocycles. The maximum atomic E-state index is 10.8. The molecule has 1 saturated heterocycles. The molecule has 2 N–H and O–H groups in total. The van der Waals surface area contributed by atoms with Crippen LogP contribution in [0.2, 0.25) is 0 Å². The molecular formula is C21H22N8O2. The fourth-order valence-corrected chi connectivity index (χ4v) is 3.20. The number of hydrazone groups is 1. The lowest BCUT2D eigenvalue weighted by Crippen LogP contribution is -2.31. The normalized spacial score (nSPS) is 13.9. The van der Waals surface area contributed by atoms with Crippen molar-refractivity contribution in [2.45, 2.75) is 19.3 Å². The van der Waals surface area contributed by atoms with Crippen LogP contribution >= 0.6 is 0 Å². The number of nitrogens with zero attached hydrogens (tertiary/aromatic N) is 6. The molecule has 0 radical (unpaired) electrons. The monoisotopic (exact) mass is 418 g/mol. The lowest BCUT2D eigenvalue weighted by atomic mass is 10.1. The van der Waals surface area contributed by atoms with Gasteiger partial charge in [0.05, 0.1) is 11.1 Å². The van der Waals surface area contributed by atoms with E-state index in [9.17, 15) is 10.1 Å². The van der Waals surface area contributed by atoms with E-state index < -0.39 is 4.92 Å². The highest BCUT2D eigenvalue weighted by molar-refractivity contribution is 5.80. The average Bonchev–Trinajstić information content (AvgIpc) is 2.80. The maximum absolute atomic E-state index is 10.8. The summed E-state index contributed by atoms with van der Waals surface area (Å²) in [7, 11) is 0. The third-order valence-corrected chi connectivity index (χ3v) is 4.77. The molecule has 3 aromatic rings. The standard InChI is InChI=1S/C21H22N8O2/c30-29(31)18-11-9-16(10-12-18)15-22-27-20-24-19(23-17-7-3-1-4-8-17)25-21(26-20)28-13-5-2-6-14-28/h1,3-4,7-12,15H,2,5-6,13-14H2,(H2,23,24,25,26,27). The lowest BCUT2D eigenvalue weighted by Gasteiger charge is -2.26. The molecule has 0 bridgehead atoms. The Morgan fingerprint density at radius 3 is 2.35 bits per heavy atom. The van der Waals surface area contributed by atoms with Crippen LogP contribution in [-0.4, -0.2) is 39.2 Å². The van der Waals surface area contributed by atoms with E-state index in [2.05, 4.69) is 35.7 Å². The van der Waals surface area contributed by atoms with Crippen LogP contribution in [0.1, 0.15) is 24.8 Å². The summed E-state index contributed by atoms with van der Waals surface area (Å²) in [6.07, 6.45) is 4.97. The largest absolute Gasteiger partial charge is 0.341 e. The number of rotatable bonds is 7. The number of para-hydroxylation sites is 1. The Labute approximate surface area is 179 Å². The molecule has 0 atom stereocenters. The summed E-state index contributed by atoms with van der Waals surface area (Å²) in [4.78, 5) is 26.0. The average molecular weight is 418 g/mol. The van der Waals surface area contributed by atoms with E-state index in [0.29, 0.717) is 23.4 Å². The van der Waals surface area contributed by atoms with E-state index in [4.69, 9.17) is 0 Å². The predicted octanol–water partition coefficient (Wildman–Crippen LogP) is 3.96. The Kier molecular flexibility index (Phi) is 6.26. The molecule has 1 aliphatic rings. The molecule has 0 aliphatic carbocycles. The number of non-ortho nitro benzene ring substituents is 1. The molecule has 1 aliphatic heterocycles. The van der Waals surface area contributed by atoms with Gasteiger partial charge in [-0.15, -0.1) is 0 Å². The summed E-state index contributed by atoms with van der Waals surface area (Å²) >= 11 is 0. The van der Waals surface area contributed by atoms with Crippen LogP contribution in [0.15, 0.2) is 59.7 Å². The van der Waals surface area contributed by atoms with E-state index in [0.717, 1.165) is 31.6 Å². The van der Waals surface area contributed by atoms with Gasteiger partial charge in [0.15, 0.2) is 0 Å². The highest BCUT2D eigenvalue weighted by atomic mass is 16.6. The van der Waals surface area contributed by atoms with Gasteiger partial charge in [-0.25, -0.2) is 5.43 Å². The van der Waals surface area contributed by atoms with Gasteiger partial charge in [-0.2, -0.15) is 20.1 Å². The van der Waals surface area contributed by atoms with Crippen LogP contribution in [0, 0.1) is 10.1 Å². The minimum absolute atomic E-state index is 0.0328. The zero-order valence-corrected chi connectivity index (χ0v) is 16.8. The summed E-state index contributed by atoms with van der Waals surface area (Å²) in [6.45, 7) is 1.81. The minimum Gasteiger partial charge on any atom is -0.341 e. The van der Waals surface area contributed by atoms with Gasteiger partial charge in [-0.05, 0) is 49.1 Å². The first-order valence-electron chi connectivity index (χ1n) is 10.0. The van der Waals surface area contributed by atoms with E-state index in [1.54, 1.807) is 18.3 Å². The number of nitro groups is 1. The van der Waals surface area contributed by atoms with Gasteiger partial charge in [0, 0.05) is 30.9 Å². The number of piperidine rings is 1. The van der Waals surface area contributed by atoms with Crippen molar-refractivity contribution in [2.24, 2.45) is 5.10 Å². The van der Waals surface area contributed by atoms with Gasteiger partial charge in [0.1, 0.15) is 0 Å². The molecule has 10 nitrogen and oxygen atoms in total. The molecule has 1 fully saturated rings. The third kappa shape index (κ3) is 5.50. The highest BCUT2D eigenvalue weighted by Crippen LogP contribution is 2.20. The van der Waals surface area contributed by atoms with Gasteiger partial charge < -0.3 is 10.2 Å². The number of aromatic nitrogens is 3. The van der Waals surface area contributed by atoms with Crippen LogP contribution in [0.3, 0.4) is 0 Å². The third-order valence-electron chi connectivity index (χ3n) is 4.77. The van der Waals surface area contributed by atoms with Gasteiger partial charge in [0.25, 0.3) is 5.69 Å². The minimum atomic E-state index is -0.437. The molecule has 158 valence electrons. The van der Waals surface area contributed by atoms with E-state index in [1.165, 1.54) is 18.6 Å². The number of anilines is 4. The second-order valence-electron chi connectivity index (χ2n) is 7.04. The molecule has 0 spiro atoms. The summed E-state index contributed by atoms with van der Waals surface area (Å²) in [5, 5.41) is 18.1. The van der Waals surface area contributed by atoms with Crippen LogP contribution in [-0.2, 0) is 0 Å². The molecule has 31 heavy (non-hydrogen) atoms. The Balaban J connectivity index is 1.53. The Morgan fingerprint density at radius 2 is 1.65 bits per heavy atom. The van der Waals surface area contributed by atoms with Gasteiger partial charge in [-0.3, -0.25) is 10.1 Å². The number of hydrogen-bond acceptors (Lipinski definition) is 9. The summed E-state index contributed by atoms with van der Waals surface area (Å²) in [6, 6.07) is 15.8. The zero-order valence-electron chi connectivity index (χ0n) is 16.8. The van der Waals surface area contributed by atoms with Crippen molar-refractivity contribution in [1.29, 1.82) is 0 Å². The van der Waals surface area contributed by atoms with E-state index >= 15 is 0 Å². The number of hydrogen-bond donors (Lipinski definition) is 2. The van der Waals surface area contributed by atoms with Crippen molar-refractivity contribution in [3.05, 3.63) is 70.3 Å². The number of nitro benzene ring substituents is 1. The molecule has 0 unspecified atom stereocenters. The molecule has 4 rings (SSSR count). The SMILES string of the molecule is O=[N+]([O-])c1ccc(C=NNc2nc(Nc3ccccc3)nc(N3CCCCC3)n2)cc1. The quantitative estimate of drug-likeness (QED) is 0.336. The molecule has 0 saturated carbocycles. The van der Waals surface area contributed by atoms with E-state index in [1.807, 2.05) is 30.3 Å². The Morgan fingerprint density at radius 1 is 0.935 bits per heavy atom. The highest BCUT2D eigenvalue weighted by Gasteiger charge is 2.16. The number of nitrogens with one attached hydrogen (secondary N) is 2. The lowest BCUT2D eigenvalue weighted by molar-refractivity contribution is -0.384. The fourth-order valence-electron chi connectivity index (χ4n) is 3.20. The molecule has 1 aromatic heterocycles. The summed E-state index contributed by atoms with van der Waals surface area (Å²) in [5.74, 6) is 1.34. The molecule has 10 heteroatoms. The van der Waals surface area contributed by atoms with Crippen LogP contribution in [0.25, 0.3) is 0 Å². The van der Waals surface area contributed by atoms with Gasteiger partial charge in [-0.1, -0.05) is 18.2 Å². The van der Waals surface area contributed by atoms with Crippen LogP contribution in [0.5, 0.6) is 0 Å². The summed E-state index contributed by atoms with van der Waals surface area (Å²) in [5.41, 5.74) is 4.46. The molecular weight excluding hydrogens is 396 g/mol. The topological polar surface area (TPSA) is 121 Å². The number of benzene rings is 2. The first kappa shape index (κ1) is 20.2. The van der Waals surface area contributed by atoms with Crippen molar-refractivity contribution in [1.82, 2.24) is 15.0 Å². The Hall–Kier alpha value is -4.08. The Bertz CT molecular complexity index is 1050. The predicted molar refractivity (Wildman–Crippen MR) is 120 cm³/mol. The first-order valence-corrected chi connectivity index (χ1v) is 10.0. The second-order valence-corrected chi connectivity index (χ2v) is 7.04. The first-order chi connectivity index (χ1) is 15.2. The molecule has 2 aromatic carbocycles. The van der Waals surface area contributed by atoms with Gasteiger partial charge >= 0.3 is 0 Å². The fraction of sp³-hybridized carbons (Fsp3) is 0.238. The van der Waals surface area contributed by atoms with Crippen molar-refractivity contribution >= 4 is 35.4 Å². The van der Waals surface area contributed by atoms with Crippen molar-refractivity contribution in [3.8, 4) is 0 Å². The summed E-state index contributed by atoms with van der Waals surface area (Å²) < 4.78 is 0. The smallest absolute Gasteiger partial charge is 0.269 e. The van der Waals surface area contributed by atoms with Crippen LogP contribution < -0.4 is 15.6 Å². The van der Waals surface area contributed by atoms with Crippen molar-refractivity contribution in [3.63, 3.8) is 0 Å². The maximum Gasteiger partial charge on any atom is 0.269 e. The van der Waals surface area contributed by atoms with Crippen LogP contribution in [0.4, 0.5) is 29.2 Å². The van der Waals surface area contributed by atoms with Gasteiger partial charge in [0.2, 0.25) is 17.8 Å². The van der Waals surface area contributed by atoms with Crippen molar-refractivity contribution in [2.75, 3.05) is 28.7 Å². The second kappa shape index (κ2) is 9.61. The zero-order chi connectivity index (χ0) is 21.5.